The number of Topliss-reactive ketones (excluding diaryl/α,β-unsaturated/α-hetero) is 1. The number of carbonyl (C=O) groups excluding carboxylic acids is 8. The summed E-state index contributed by atoms with van der Waals surface area (Å²) in [4.78, 5) is 115. The lowest BCUT2D eigenvalue weighted by Crippen LogP contribution is -2.60. The number of nitrogens with zero attached hydrogens (tertiary/aromatic N) is 2. The van der Waals surface area contributed by atoms with Gasteiger partial charge in [0.25, 0.3) is 5.91 Å². The smallest absolute Gasteiger partial charge is 0.251 e. The molecule has 0 saturated carbocycles. The van der Waals surface area contributed by atoms with Crippen molar-refractivity contribution in [1.82, 2.24) is 47.0 Å². The van der Waals surface area contributed by atoms with Gasteiger partial charge in [0, 0.05) is 48.8 Å². The van der Waals surface area contributed by atoms with Crippen LogP contribution in [0.25, 0.3) is 0 Å². The van der Waals surface area contributed by atoms with E-state index in [1.54, 1.807) is 52.2 Å². The molecule has 2 heterocycles. The maximum Gasteiger partial charge on any atom is 0.251 e. The molecule has 0 aromatic heterocycles. The molecule has 2 fully saturated rings. The molecule has 0 spiro atoms. The van der Waals surface area contributed by atoms with E-state index in [9.17, 15) is 38.4 Å². The molecular weight excluding hydrogens is 939 g/mol. The molecule has 8 atom stereocenters. The van der Waals surface area contributed by atoms with Crippen LogP contribution in [-0.4, -0.2) is 138 Å². The third kappa shape index (κ3) is 12.9. The number of ketones is 1. The molecule has 17 heteroatoms. The van der Waals surface area contributed by atoms with E-state index in [4.69, 9.17) is 0 Å². The van der Waals surface area contributed by atoms with Gasteiger partial charge in [0.1, 0.15) is 24.2 Å². The van der Waals surface area contributed by atoms with E-state index in [2.05, 4.69) is 49.4 Å². The molecule has 0 bridgehead atoms. The molecular formula is C57H77N9O8. The molecule has 0 radical (unpaired) electrons. The molecule has 398 valence electrons. The second-order valence-electron chi connectivity index (χ2n) is 23.1. The minimum absolute atomic E-state index is 0.0281. The topological polar surface area (TPSA) is 227 Å². The average molecular weight is 1020 g/mol. The average Bonchev–Trinajstić information content (AvgIpc) is 4.18. The van der Waals surface area contributed by atoms with Gasteiger partial charge in [-0.1, -0.05) is 102 Å². The monoisotopic (exact) mass is 1020 g/mol. The van der Waals surface area contributed by atoms with E-state index in [1.165, 1.54) is 20.9 Å². The Kier molecular flexibility index (Phi) is 17.2. The Hall–Kier alpha value is -6.46. The van der Waals surface area contributed by atoms with Crippen molar-refractivity contribution >= 4 is 47.1 Å². The first-order valence-electron chi connectivity index (χ1n) is 26.2. The first kappa shape index (κ1) is 55.3. The second-order valence-corrected chi connectivity index (χ2v) is 23.1. The molecule has 74 heavy (non-hydrogen) atoms. The standard InChI is InChI=1S/C57H77N9O8/c1-32(58-9)49(68)63-47(56(3,4)5)54(73)65-30-34(23-44(65)52(71)60-41-25-37-15-11-12-16-38(37)26-41)24-46(67)35-19-21-36(22-20-35)51(70)62-43-29-45(53(72)61-42-27-39-17-13-14-18-40(39)28-42)66(31-43)55(74)48(57(6,7)8)64-50(69)33(2)59-10/h11-22,32-34,41-45,47-48,58-59H,23-31H2,1-10H3,(H,60,71)(H,61,72)(H,62,70)(H,63,68)(H,64,69)/t32-,33-,34+,43-,44-,45-,47+,48+/m0/s1. The van der Waals surface area contributed by atoms with E-state index in [1.807, 2.05) is 77.9 Å². The Bertz CT molecular complexity index is 2380. The van der Waals surface area contributed by atoms with E-state index in [-0.39, 0.29) is 85.3 Å². The van der Waals surface area contributed by atoms with Gasteiger partial charge in [-0.2, -0.15) is 0 Å². The highest BCUT2D eigenvalue weighted by Gasteiger charge is 2.48. The predicted molar refractivity (Wildman–Crippen MR) is 282 cm³/mol. The lowest BCUT2D eigenvalue weighted by Gasteiger charge is -2.36. The zero-order chi connectivity index (χ0) is 53.8. The zero-order valence-electron chi connectivity index (χ0n) is 44.7. The normalized spacial score (nSPS) is 21.4. The summed E-state index contributed by atoms with van der Waals surface area (Å²) < 4.78 is 0. The fourth-order valence-corrected chi connectivity index (χ4v) is 10.8. The molecule has 4 aliphatic rings. The number of benzene rings is 3. The minimum Gasteiger partial charge on any atom is -0.351 e. The van der Waals surface area contributed by atoms with Crippen molar-refractivity contribution in [1.29, 1.82) is 0 Å². The van der Waals surface area contributed by atoms with Crippen LogP contribution in [0.4, 0.5) is 0 Å². The quantitative estimate of drug-likeness (QED) is 0.0979. The van der Waals surface area contributed by atoms with Crippen molar-refractivity contribution < 1.29 is 38.4 Å². The number of carbonyl (C=O) groups is 8. The summed E-state index contributed by atoms with van der Waals surface area (Å²) in [5.74, 6) is -3.21. The molecule has 2 saturated heterocycles. The molecule has 7 N–H and O–H groups in total. The van der Waals surface area contributed by atoms with Crippen molar-refractivity contribution in [3.05, 3.63) is 106 Å². The highest BCUT2D eigenvalue weighted by molar-refractivity contribution is 6.00. The molecule has 2 aliphatic carbocycles. The maximum absolute atomic E-state index is 14.6. The number of rotatable bonds is 17. The predicted octanol–water partition coefficient (Wildman–Crippen LogP) is 3.02. The number of amides is 7. The number of likely N-dealkylation sites (N-methyl/N-ethyl adjacent to an activating group) is 2. The van der Waals surface area contributed by atoms with E-state index < -0.39 is 70.8 Å². The third-order valence-corrected chi connectivity index (χ3v) is 15.4. The number of likely N-dealkylation sites (tertiary alicyclic amines) is 2. The molecule has 7 amide bonds. The van der Waals surface area contributed by atoms with Crippen molar-refractivity contribution in [2.45, 2.75) is 155 Å². The van der Waals surface area contributed by atoms with Crippen molar-refractivity contribution in [2.75, 3.05) is 27.2 Å². The minimum atomic E-state index is -0.970. The van der Waals surface area contributed by atoms with Crippen LogP contribution >= 0.6 is 0 Å². The van der Waals surface area contributed by atoms with Gasteiger partial charge in [0.2, 0.25) is 35.4 Å². The van der Waals surface area contributed by atoms with Crippen molar-refractivity contribution in [3.8, 4) is 0 Å². The summed E-state index contributed by atoms with van der Waals surface area (Å²) in [7, 11) is 3.32. The van der Waals surface area contributed by atoms with Crippen LogP contribution in [0.5, 0.6) is 0 Å². The van der Waals surface area contributed by atoms with Gasteiger partial charge >= 0.3 is 0 Å². The highest BCUT2D eigenvalue weighted by atomic mass is 16.2. The van der Waals surface area contributed by atoms with Gasteiger partial charge < -0.3 is 47.0 Å². The van der Waals surface area contributed by atoms with Gasteiger partial charge in [-0.25, -0.2) is 0 Å². The van der Waals surface area contributed by atoms with Crippen LogP contribution in [-0.2, 0) is 54.5 Å². The summed E-state index contributed by atoms with van der Waals surface area (Å²) in [6.45, 7) is 14.7. The summed E-state index contributed by atoms with van der Waals surface area (Å²) in [6.07, 6.45) is 3.08. The van der Waals surface area contributed by atoms with Crippen LogP contribution in [0.15, 0.2) is 72.8 Å². The molecule has 3 aromatic carbocycles. The summed E-state index contributed by atoms with van der Waals surface area (Å²) in [6, 6.07) is 16.6. The first-order chi connectivity index (χ1) is 34.9. The number of nitrogens with one attached hydrogen (secondary N) is 7. The third-order valence-electron chi connectivity index (χ3n) is 15.4. The molecule has 7 rings (SSSR count). The largest absolute Gasteiger partial charge is 0.351 e. The summed E-state index contributed by atoms with van der Waals surface area (Å²) in [5, 5.41) is 21.0. The van der Waals surface area contributed by atoms with Crippen LogP contribution in [0, 0.1) is 16.7 Å². The molecule has 3 aromatic rings. The van der Waals surface area contributed by atoms with Gasteiger partial charge in [-0.15, -0.1) is 0 Å². The SMILES string of the molecule is CN[C@@H](C)C(=O)N[C@H](C(=O)N1C[C@@H](CC(=O)c2ccc(C(=O)N[C@H]3C[C@@H](C(=O)NC4Cc5ccccc5C4)N(C(=O)[C@@H](NC(=O)[C@H](C)NC)C(C)(C)C)C3)cc2)C[C@H]1C(=O)NC1Cc2ccccc2C1)C(C)(C)C. The number of hydrogen-bond donors (Lipinski definition) is 7. The number of fused-ring (bicyclic) bond motifs is 2. The second kappa shape index (κ2) is 23.0. The van der Waals surface area contributed by atoms with Crippen LogP contribution in [0.3, 0.4) is 0 Å². The Morgan fingerprint density at radius 2 is 0.919 bits per heavy atom. The maximum atomic E-state index is 14.6. The van der Waals surface area contributed by atoms with Crippen molar-refractivity contribution in [3.63, 3.8) is 0 Å². The fourth-order valence-electron chi connectivity index (χ4n) is 10.8. The van der Waals surface area contributed by atoms with Gasteiger partial charge in [-0.3, -0.25) is 38.4 Å². The van der Waals surface area contributed by atoms with Crippen LogP contribution in [0.1, 0.15) is 118 Å². The van der Waals surface area contributed by atoms with Crippen molar-refractivity contribution in [2.24, 2.45) is 16.7 Å². The Labute approximate surface area is 435 Å². The Balaban J connectivity index is 1.03. The fraction of sp³-hybridized carbons (Fsp3) is 0.544. The van der Waals surface area contributed by atoms with Crippen LogP contribution in [0.2, 0.25) is 0 Å². The first-order valence-corrected chi connectivity index (χ1v) is 26.2. The Morgan fingerprint density at radius 1 is 0.527 bits per heavy atom. The molecule has 2 aliphatic heterocycles. The van der Waals surface area contributed by atoms with E-state index >= 15 is 0 Å². The molecule has 17 nitrogen and oxygen atoms in total. The molecule has 0 unspecified atom stereocenters. The highest BCUT2D eigenvalue weighted by Crippen LogP contribution is 2.33. The van der Waals surface area contributed by atoms with Gasteiger partial charge in [-0.05, 0) is 118 Å². The Morgan fingerprint density at radius 3 is 1.32 bits per heavy atom. The summed E-state index contributed by atoms with van der Waals surface area (Å²) in [5.41, 5.74) is 3.85. The van der Waals surface area contributed by atoms with E-state index in [0.29, 0.717) is 31.2 Å². The summed E-state index contributed by atoms with van der Waals surface area (Å²) >= 11 is 0. The van der Waals surface area contributed by atoms with Gasteiger partial charge in [0.05, 0.1) is 12.1 Å². The zero-order valence-corrected chi connectivity index (χ0v) is 44.7. The lowest BCUT2D eigenvalue weighted by atomic mass is 9.85. The number of hydrogen-bond acceptors (Lipinski definition) is 10. The van der Waals surface area contributed by atoms with Gasteiger partial charge in [0.15, 0.2) is 5.78 Å². The van der Waals surface area contributed by atoms with E-state index in [0.717, 1.165) is 11.1 Å². The van der Waals surface area contributed by atoms with Crippen LogP contribution < -0.4 is 37.2 Å². The lowest BCUT2D eigenvalue weighted by molar-refractivity contribution is -0.144.